The monoisotopic (exact) mass is 264 g/mol. The number of hydrogen-bond donors (Lipinski definition) is 2. The number of fused-ring (bicyclic) bond motifs is 1. The lowest BCUT2D eigenvalue weighted by Crippen LogP contribution is -2.32. The molecule has 1 atom stereocenters. The van der Waals surface area contributed by atoms with E-state index in [-0.39, 0.29) is 11.6 Å². The zero-order valence-electron chi connectivity index (χ0n) is 11.4. The van der Waals surface area contributed by atoms with E-state index in [1.54, 1.807) is 0 Å². The van der Waals surface area contributed by atoms with Crippen molar-refractivity contribution in [2.75, 3.05) is 5.75 Å². The Morgan fingerprint density at radius 2 is 2.17 bits per heavy atom. The van der Waals surface area contributed by atoms with E-state index in [2.05, 4.69) is 32.0 Å². The fourth-order valence-corrected chi connectivity index (χ4v) is 3.32. The Balaban J connectivity index is 2.04. The molecule has 1 heterocycles. The van der Waals surface area contributed by atoms with Gasteiger partial charge in [0.2, 0.25) is 0 Å². The standard InChI is InChI=1S/C15H24N2S/c1-15(2,17)8-7-13(16)11-5-6-14-12(10-11)4-3-9-18-14/h5-6,10,13H,3-4,7-9,16-17H2,1-2H3. The highest BCUT2D eigenvalue weighted by atomic mass is 32.2. The minimum atomic E-state index is -0.123. The van der Waals surface area contributed by atoms with Gasteiger partial charge in [-0.2, -0.15) is 0 Å². The van der Waals surface area contributed by atoms with Gasteiger partial charge in [0.15, 0.2) is 0 Å². The Kier molecular flexibility index (Phi) is 4.36. The van der Waals surface area contributed by atoms with Gasteiger partial charge in [-0.25, -0.2) is 0 Å². The van der Waals surface area contributed by atoms with Gasteiger partial charge in [-0.05, 0) is 62.5 Å². The highest BCUT2D eigenvalue weighted by Gasteiger charge is 2.16. The van der Waals surface area contributed by atoms with Crippen molar-refractivity contribution in [1.29, 1.82) is 0 Å². The predicted molar refractivity (Wildman–Crippen MR) is 79.9 cm³/mol. The van der Waals surface area contributed by atoms with Crippen LogP contribution in [0.5, 0.6) is 0 Å². The average molecular weight is 264 g/mol. The van der Waals surface area contributed by atoms with Crippen molar-refractivity contribution in [2.45, 2.75) is 56.0 Å². The van der Waals surface area contributed by atoms with Crippen LogP contribution in [0.4, 0.5) is 0 Å². The zero-order chi connectivity index (χ0) is 13.2. The van der Waals surface area contributed by atoms with Crippen molar-refractivity contribution in [3.05, 3.63) is 29.3 Å². The van der Waals surface area contributed by atoms with Gasteiger partial charge in [0.25, 0.3) is 0 Å². The van der Waals surface area contributed by atoms with Gasteiger partial charge >= 0.3 is 0 Å². The van der Waals surface area contributed by atoms with Crippen molar-refractivity contribution in [3.8, 4) is 0 Å². The summed E-state index contributed by atoms with van der Waals surface area (Å²) in [5.74, 6) is 1.25. The number of thioether (sulfide) groups is 1. The summed E-state index contributed by atoms with van der Waals surface area (Å²) in [4.78, 5) is 1.44. The minimum absolute atomic E-state index is 0.116. The molecule has 3 heteroatoms. The van der Waals surface area contributed by atoms with Crippen LogP contribution in [0.25, 0.3) is 0 Å². The van der Waals surface area contributed by atoms with E-state index in [4.69, 9.17) is 11.5 Å². The van der Waals surface area contributed by atoms with Crippen LogP contribution in [0.1, 0.15) is 50.3 Å². The van der Waals surface area contributed by atoms with Crippen LogP contribution in [0.3, 0.4) is 0 Å². The molecule has 2 rings (SSSR count). The van der Waals surface area contributed by atoms with Gasteiger partial charge in [0.05, 0.1) is 0 Å². The average Bonchev–Trinajstić information content (AvgIpc) is 2.34. The summed E-state index contributed by atoms with van der Waals surface area (Å²) in [5, 5.41) is 0. The normalized spacial score (nSPS) is 17.3. The molecule has 0 saturated carbocycles. The Bertz CT molecular complexity index is 409. The molecule has 100 valence electrons. The third-order valence-electron chi connectivity index (χ3n) is 3.46. The summed E-state index contributed by atoms with van der Waals surface area (Å²) < 4.78 is 0. The molecule has 4 N–H and O–H groups in total. The van der Waals surface area contributed by atoms with E-state index in [1.807, 2.05) is 11.8 Å². The number of nitrogens with two attached hydrogens (primary N) is 2. The first-order valence-corrected chi connectivity index (χ1v) is 7.74. The Hall–Kier alpha value is -0.510. The second-order valence-corrected chi connectivity index (χ2v) is 7.09. The first kappa shape index (κ1) is 13.9. The van der Waals surface area contributed by atoms with Crippen LogP contribution >= 0.6 is 11.8 Å². The second-order valence-electron chi connectivity index (χ2n) is 5.95. The molecule has 0 spiro atoms. The molecule has 0 aliphatic carbocycles. The highest BCUT2D eigenvalue weighted by molar-refractivity contribution is 7.99. The SMILES string of the molecule is CC(C)(N)CCC(N)c1ccc2c(c1)CCCS2. The van der Waals surface area contributed by atoms with Crippen LogP contribution in [0.2, 0.25) is 0 Å². The third-order valence-corrected chi connectivity index (χ3v) is 4.66. The van der Waals surface area contributed by atoms with Gasteiger partial charge in [-0.3, -0.25) is 0 Å². The van der Waals surface area contributed by atoms with Crippen LogP contribution in [-0.4, -0.2) is 11.3 Å². The van der Waals surface area contributed by atoms with E-state index < -0.39 is 0 Å². The van der Waals surface area contributed by atoms with E-state index >= 15 is 0 Å². The molecule has 1 unspecified atom stereocenters. The van der Waals surface area contributed by atoms with Gasteiger partial charge in [-0.15, -0.1) is 11.8 Å². The number of aryl methyl sites for hydroxylation is 1. The van der Waals surface area contributed by atoms with E-state index in [0.717, 1.165) is 12.8 Å². The molecule has 0 radical (unpaired) electrons. The smallest absolute Gasteiger partial charge is 0.0295 e. The highest BCUT2D eigenvalue weighted by Crippen LogP contribution is 2.32. The first-order valence-electron chi connectivity index (χ1n) is 6.76. The van der Waals surface area contributed by atoms with Crippen molar-refractivity contribution in [3.63, 3.8) is 0 Å². The maximum Gasteiger partial charge on any atom is 0.0295 e. The Morgan fingerprint density at radius 3 is 2.89 bits per heavy atom. The fraction of sp³-hybridized carbons (Fsp3) is 0.600. The van der Waals surface area contributed by atoms with Crippen molar-refractivity contribution < 1.29 is 0 Å². The number of rotatable bonds is 4. The molecule has 0 amide bonds. The molecular formula is C15H24N2S. The van der Waals surface area contributed by atoms with Gasteiger partial charge in [0.1, 0.15) is 0 Å². The molecule has 1 aromatic carbocycles. The number of benzene rings is 1. The lowest BCUT2D eigenvalue weighted by atomic mass is 9.93. The predicted octanol–water partition coefficient (Wildman–Crippen LogP) is 3.24. The molecule has 0 fully saturated rings. The van der Waals surface area contributed by atoms with Crippen molar-refractivity contribution in [1.82, 2.24) is 0 Å². The topological polar surface area (TPSA) is 52.0 Å². The maximum absolute atomic E-state index is 6.27. The Labute approximate surface area is 115 Å². The van der Waals surface area contributed by atoms with Crippen LogP contribution in [0.15, 0.2) is 23.1 Å². The second kappa shape index (κ2) is 5.64. The van der Waals surface area contributed by atoms with Gasteiger partial charge in [-0.1, -0.05) is 12.1 Å². The van der Waals surface area contributed by atoms with Crippen molar-refractivity contribution in [2.24, 2.45) is 11.5 Å². The molecule has 0 bridgehead atoms. The first-order chi connectivity index (χ1) is 8.46. The maximum atomic E-state index is 6.27. The summed E-state index contributed by atoms with van der Waals surface area (Å²) in [6.07, 6.45) is 4.40. The summed E-state index contributed by atoms with van der Waals surface area (Å²) in [6.45, 7) is 4.12. The lowest BCUT2D eigenvalue weighted by Gasteiger charge is -2.22. The number of hydrogen-bond acceptors (Lipinski definition) is 3. The Morgan fingerprint density at radius 1 is 1.39 bits per heavy atom. The summed E-state index contributed by atoms with van der Waals surface area (Å²) in [6, 6.07) is 6.84. The van der Waals surface area contributed by atoms with Crippen LogP contribution in [0, 0.1) is 0 Å². The lowest BCUT2D eigenvalue weighted by molar-refractivity contribution is 0.433. The molecule has 1 aliphatic heterocycles. The van der Waals surface area contributed by atoms with Gasteiger partial charge < -0.3 is 11.5 Å². The van der Waals surface area contributed by atoms with Crippen molar-refractivity contribution >= 4 is 11.8 Å². The summed E-state index contributed by atoms with van der Waals surface area (Å²) in [5.41, 5.74) is 14.9. The summed E-state index contributed by atoms with van der Waals surface area (Å²) in [7, 11) is 0. The third kappa shape index (κ3) is 3.74. The van der Waals surface area contributed by atoms with E-state index in [1.165, 1.54) is 34.6 Å². The molecule has 18 heavy (non-hydrogen) atoms. The van der Waals surface area contributed by atoms with Crippen LogP contribution < -0.4 is 11.5 Å². The van der Waals surface area contributed by atoms with Gasteiger partial charge in [0, 0.05) is 16.5 Å². The molecule has 2 nitrogen and oxygen atoms in total. The summed E-state index contributed by atoms with van der Waals surface area (Å²) >= 11 is 1.97. The molecule has 1 aliphatic rings. The largest absolute Gasteiger partial charge is 0.326 e. The quantitative estimate of drug-likeness (QED) is 0.877. The molecular weight excluding hydrogens is 240 g/mol. The fourth-order valence-electron chi connectivity index (χ4n) is 2.31. The molecule has 0 saturated heterocycles. The van der Waals surface area contributed by atoms with Crippen LogP contribution in [-0.2, 0) is 6.42 Å². The molecule has 1 aromatic rings. The van der Waals surface area contributed by atoms with E-state index in [9.17, 15) is 0 Å². The molecule has 0 aromatic heterocycles. The zero-order valence-corrected chi connectivity index (χ0v) is 12.2. The minimum Gasteiger partial charge on any atom is -0.326 e. The van der Waals surface area contributed by atoms with E-state index in [0.29, 0.717) is 0 Å².